The van der Waals surface area contributed by atoms with Crippen molar-refractivity contribution in [1.29, 1.82) is 0 Å². The molecule has 2 rings (SSSR count). The summed E-state index contributed by atoms with van der Waals surface area (Å²) in [6, 6.07) is 5.08. The van der Waals surface area contributed by atoms with Gasteiger partial charge in [-0.2, -0.15) is 5.10 Å². The molecule has 0 saturated carbocycles. The van der Waals surface area contributed by atoms with E-state index >= 15 is 0 Å². The normalized spacial score (nSPS) is 10.2. The first-order valence-corrected chi connectivity index (χ1v) is 6.82. The monoisotopic (exact) mass is 352 g/mol. The number of urea groups is 1. The second-order valence-electron chi connectivity index (χ2n) is 4.36. The van der Waals surface area contributed by atoms with Gasteiger partial charge in [-0.3, -0.25) is 9.48 Å². The van der Waals surface area contributed by atoms with Crippen LogP contribution in [-0.2, 0) is 11.3 Å². The number of aliphatic carboxylic acids is 1. The summed E-state index contributed by atoms with van der Waals surface area (Å²) in [5.74, 6) is -1.00. The molecule has 0 fully saturated rings. The number of rotatable bonds is 4. The zero-order chi connectivity index (χ0) is 15.4. The minimum Gasteiger partial charge on any atom is -0.480 e. The number of carboxylic acids is 1. The highest BCUT2D eigenvalue weighted by molar-refractivity contribution is 9.10. The van der Waals surface area contributed by atoms with Gasteiger partial charge in [0.15, 0.2) is 0 Å². The topological polar surface area (TPSA) is 96.3 Å². The molecule has 7 nitrogen and oxygen atoms in total. The molecule has 0 atom stereocenters. The van der Waals surface area contributed by atoms with Gasteiger partial charge < -0.3 is 15.7 Å². The van der Waals surface area contributed by atoms with E-state index in [2.05, 4.69) is 31.7 Å². The molecule has 2 amide bonds. The predicted octanol–water partition coefficient (Wildman–Crippen LogP) is 2.68. The Labute approximate surface area is 129 Å². The third kappa shape index (κ3) is 4.32. The lowest BCUT2D eigenvalue weighted by Gasteiger charge is -2.09. The fraction of sp³-hybridized carbons (Fsp3) is 0.154. The second kappa shape index (κ2) is 6.40. The molecule has 0 radical (unpaired) electrons. The van der Waals surface area contributed by atoms with Crippen LogP contribution in [0.15, 0.2) is 35.1 Å². The number of amides is 2. The lowest BCUT2D eigenvalue weighted by molar-refractivity contribution is -0.137. The van der Waals surface area contributed by atoms with E-state index in [1.807, 2.05) is 19.1 Å². The summed E-state index contributed by atoms with van der Waals surface area (Å²) in [5, 5.41) is 17.8. The van der Waals surface area contributed by atoms with Crippen LogP contribution in [0.1, 0.15) is 5.56 Å². The highest BCUT2D eigenvalue weighted by atomic mass is 79.9. The first kappa shape index (κ1) is 15.0. The largest absolute Gasteiger partial charge is 0.480 e. The number of nitrogens with one attached hydrogen (secondary N) is 2. The third-order valence-electron chi connectivity index (χ3n) is 2.63. The van der Waals surface area contributed by atoms with Crippen LogP contribution >= 0.6 is 15.9 Å². The molecule has 0 aliphatic rings. The van der Waals surface area contributed by atoms with Crippen molar-refractivity contribution in [2.24, 2.45) is 0 Å². The van der Waals surface area contributed by atoms with Crippen molar-refractivity contribution in [3.05, 3.63) is 40.6 Å². The highest BCUT2D eigenvalue weighted by Gasteiger charge is 2.08. The van der Waals surface area contributed by atoms with Crippen LogP contribution in [0.3, 0.4) is 0 Å². The van der Waals surface area contributed by atoms with Crippen molar-refractivity contribution in [1.82, 2.24) is 9.78 Å². The minimum atomic E-state index is -1.00. The number of hydrogen-bond donors (Lipinski definition) is 3. The van der Waals surface area contributed by atoms with Gasteiger partial charge in [0.25, 0.3) is 0 Å². The molecule has 0 spiro atoms. The molecule has 1 aromatic heterocycles. The Bertz CT molecular complexity index is 684. The molecule has 0 unspecified atom stereocenters. The van der Waals surface area contributed by atoms with Crippen molar-refractivity contribution in [3.63, 3.8) is 0 Å². The number of benzene rings is 1. The molecule has 0 bridgehead atoms. The Morgan fingerprint density at radius 2 is 2.14 bits per heavy atom. The van der Waals surface area contributed by atoms with Crippen molar-refractivity contribution in [2.45, 2.75) is 13.5 Å². The number of carboxylic acid groups (broad SMARTS) is 1. The van der Waals surface area contributed by atoms with Crippen molar-refractivity contribution in [3.8, 4) is 0 Å². The number of nitrogens with zero attached hydrogens (tertiary/aromatic N) is 2. The number of carbonyl (C=O) groups is 2. The molecular formula is C13H13BrN4O3. The van der Waals surface area contributed by atoms with Gasteiger partial charge in [-0.05, 0) is 30.7 Å². The van der Waals surface area contributed by atoms with Crippen LogP contribution in [0, 0.1) is 6.92 Å². The fourth-order valence-electron chi connectivity index (χ4n) is 1.71. The number of aryl methyl sites for hydroxylation is 1. The second-order valence-corrected chi connectivity index (χ2v) is 5.27. The van der Waals surface area contributed by atoms with Crippen LogP contribution < -0.4 is 10.6 Å². The summed E-state index contributed by atoms with van der Waals surface area (Å²) in [5.41, 5.74) is 2.03. The molecule has 0 aliphatic heterocycles. The van der Waals surface area contributed by atoms with Crippen LogP contribution in [0.2, 0.25) is 0 Å². The molecule has 2 aromatic rings. The maximum absolute atomic E-state index is 11.9. The number of carbonyl (C=O) groups excluding carboxylic acids is 1. The minimum absolute atomic E-state index is 0.255. The summed E-state index contributed by atoms with van der Waals surface area (Å²) in [6.07, 6.45) is 2.83. The van der Waals surface area contributed by atoms with E-state index in [1.165, 1.54) is 17.1 Å². The lowest BCUT2D eigenvalue weighted by atomic mass is 10.2. The van der Waals surface area contributed by atoms with E-state index in [1.54, 1.807) is 6.07 Å². The average Bonchev–Trinajstić information content (AvgIpc) is 2.79. The van der Waals surface area contributed by atoms with Crippen LogP contribution in [0.4, 0.5) is 16.2 Å². The predicted molar refractivity (Wildman–Crippen MR) is 81.4 cm³/mol. The van der Waals surface area contributed by atoms with Crippen LogP contribution in [0.25, 0.3) is 0 Å². The Hall–Kier alpha value is -2.35. The SMILES string of the molecule is Cc1cc(Br)ccc1NC(=O)Nc1cnn(CC(=O)O)c1. The maximum atomic E-state index is 11.9. The van der Waals surface area contributed by atoms with Crippen molar-refractivity contribution < 1.29 is 14.7 Å². The summed E-state index contributed by atoms with van der Waals surface area (Å²) < 4.78 is 2.16. The molecule has 3 N–H and O–H groups in total. The van der Waals surface area contributed by atoms with E-state index in [9.17, 15) is 9.59 Å². The Kier molecular flexibility index (Phi) is 4.59. The maximum Gasteiger partial charge on any atom is 0.325 e. The first-order chi connectivity index (χ1) is 9.94. The van der Waals surface area contributed by atoms with Gasteiger partial charge in [0, 0.05) is 16.4 Å². The van der Waals surface area contributed by atoms with Gasteiger partial charge >= 0.3 is 12.0 Å². The number of hydrogen-bond acceptors (Lipinski definition) is 3. The zero-order valence-electron chi connectivity index (χ0n) is 11.1. The van der Waals surface area contributed by atoms with Gasteiger partial charge in [-0.15, -0.1) is 0 Å². The van der Waals surface area contributed by atoms with Gasteiger partial charge in [0.2, 0.25) is 0 Å². The average molecular weight is 353 g/mol. The van der Waals surface area contributed by atoms with Gasteiger partial charge in [-0.1, -0.05) is 15.9 Å². The van der Waals surface area contributed by atoms with Crippen molar-refractivity contribution >= 4 is 39.3 Å². The van der Waals surface area contributed by atoms with E-state index in [0.29, 0.717) is 11.4 Å². The smallest absolute Gasteiger partial charge is 0.325 e. The lowest BCUT2D eigenvalue weighted by Crippen LogP contribution is -2.19. The summed E-state index contributed by atoms with van der Waals surface area (Å²) >= 11 is 3.35. The summed E-state index contributed by atoms with van der Waals surface area (Å²) in [7, 11) is 0. The molecule has 8 heteroatoms. The molecule has 0 aliphatic carbocycles. The number of anilines is 2. The molecule has 0 saturated heterocycles. The zero-order valence-corrected chi connectivity index (χ0v) is 12.7. The van der Waals surface area contributed by atoms with Gasteiger partial charge in [-0.25, -0.2) is 4.79 Å². The number of aromatic nitrogens is 2. The van der Waals surface area contributed by atoms with Crippen LogP contribution in [0.5, 0.6) is 0 Å². The molecule has 110 valence electrons. The van der Waals surface area contributed by atoms with E-state index < -0.39 is 12.0 Å². The van der Waals surface area contributed by atoms with Gasteiger partial charge in [0.1, 0.15) is 6.54 Å². The Balaban J connectivity index is 1.98. The Morgan fingerprint density at radius 1 is 1.38 bits per heavy atom. The fourth-order valence-corrected chi connectivity index (χ4v) is 2.18. The Morgan fingerprint density at radius 3 is 2.81 bits per heavy atom. The molecule has 1 aromatic carbocycles. The first-order valence-electron chi connectivity index (χ1n) is 6.02. The van der Waals surface area contributed by atoms with E-state index in [-0.39, 0.29) is 6.54 Å². The van der Waals surface area contributed by atoms with E-state index in [0.717, 1.165) is 10.0 Å². The summed E-state index contributed by atoms with van der Waals surface area (Å²) in [6.45, 7) is 1.63. The highest BCUT2D eigenvalue weighted by Crippen LogP contribution is 2.20. The molecule has 1 heterocycles. The third-order valence-corrected chi connectivity index (χ3v) is 3.12. The van der Waals surface area contributed by atoms with Crippen molar-refractivity contribution in [2.75, 3.05) is 10.6 Å². The quantitative estimate of drug-likeness (QED) is 0.787. The van der Waals surface area contributed by atoms with E-state index in [4.69, 9.17) is 5.11 Å². The standard InChI is InChI=1S/C13H13BrN4O3/c1-8-4-9(14)2-3-11(8)17-13(21)16-10-5-15-18(6-10)7-12(19)20/h2-6H,7H2,1H3,(H,19,20)(H2,16,17,21). The summed E-state index contributed by atoms with van der Waals surface area (Å²) in [4.78, 5) is 22.4. The number of halogens is 1. The molecular weight excluding hydrogens is 340 g/mol. The van der Waals surface area contributed by atoms with Crippen LogP contribution in [-0.4, -0.2) is 26.9 Å². The van der Waals surface area contributed by atoms with Gasteiger partial charge in [0.05, 0.1) is 11.9 Å². The molecule has 21 heavy (non-hydrogen) atoms.